The van der Waals surface area contributed by atoms with Gasteiger partial charge in [-0.05, 0) is 54.1 Å². The summed E-state index contributed by atoms with van der Waals surface area (Å²) in [7, 11) is 3.02. The van der Waals surface area contributed by atoms with Gasteiger partial charge in [0.25, 0.3) is 5.91 Å². The molecule has 0 atom stereocenters. The lowest BCUT2D eigenvalue weighted by Crippen LogP contribution is -2.25. The Morgan fingerprint density at radius 1 is 1.06 bits per heavy atom. The summed E-state index contributed by atoms with van der Waals surface area (Å²) in [4.78, 5) is 17.9. The molecule has 3 aromatic carbocycles. The minimum absolute atomic E-state index is 0.318. The molecule has 0 bridgehead atoms. The van der Waals surface area contributed by atoms with Crippen LogP contribution in [0.15, 0.2) is 70.2 Å². The summed E-state index contributed by atoms with van der Waals surface area (Å²) in [5.74, 6) is 0.133. The zero-order valence-electron chi connectivity index (χ0n) is 17.1. The molecular weight excluding hydrogens is 497 g/mol. The normalized spacial score (nSPS) is 11.1. The zero-order valence-corrected chi connectivity index (χ0v) is 19.5. The lowest BCUT2D eigenvalue weighted by atomic mass is 10.2. The van der Waals surface area contributed by atoms with Gasteiger partial charge in [-0.15, -0.1) is 0 Å². The first-order valence-corrected chi connectivity index (χ1v) is 11.0. The Balaban J connectivity index is 1.77. The number of halogens is 2. The van der Waals surface area contributed by atoms with E-state index in [1.165, 1.54) is 42.7 Å². The molecule has 0 spiro atoms. The molecule has 1 aromatic heterocycles. The summed E-state index contributed by atoms with van der Waals surface area (Å²) >= 11 is 4.57. The number of benzene rings is 3. The maximum absolute atomic E-state index is 13.7. The number of hydrogen-bond acceptors (Lipinski definition) is 6. The highest BCUT2D eigenvalue weighted by Gasteiger charge is 2.22. The SMILES string of the molecule is COc1ccc(C(=O)N(/N=C/c2ccc(Br)cc2)c2nc3ccc(F)cc3s2)cc1OC. The minimum atomic E-state index is -0.418. The molecule has 0 aliphatic rings. The van der Waals surface area contributed by atoms with Crippen LogP contribution in [0.1, 0.15) is 15.9 Å². The molecule has 9 heteroatoms. The largest absolute Gasteiger partial charge is 0.493 e. The molecule has 1 heterocycles. The standard InChI is InChI=1S/C23H17BrFN3O3S/c1-30-19-10-5-15(11-20(19)31-2)22(29)28(26-13-14-3-6-16(24)7-4-14)23-27-18-9-8-17(25)12-21(18)32-23/h3-13H,1-2H3/b26-13+. The number of carbonyl (C=O) groups excluding carboxylic acids is 1. The van der Waals surface area contributed by atoms with Gasteiger partial charge in [-0.2, -0.15) is 10.1 Å². The first-order chi connectivity index (χ1) is 15.5. The van der Waals surface area contributed by atoms with E-state index in [4.69, 9.17) is 9.47 Å². The first-order valence-electron chi connectivity index (χ1n) is 9.40. The van der Waals surface area contributed by atoms with E-state index in [1.54, 1.807) is 30.5 Å². The van der Waals surface area contributed by atoms with E-state index in [2.05, 4.69) is 26.0 Å². The third-order valence-corrected chi connectivity index (χ3v) is 6.06. The van der Waals surface area contributed by atoms with Crippen molar-refractivity contribution in [2.75, 3.05) is 19.2 Å². The Bertz CT molecular complexity index is 1310. The maximum Gasteiger partial charge on any atom is 0.280 e. The Hall–Kier alpha value is -3.30. The van der Waals surface area contributed by atoms with E-state index in [0.29, 0.717) is 32.4 Å². The van der Waals surface area contributed by atoms with Crippen molar-refractivity contribution in [1.82, 2.24) is 4.98 Å². The Labute approximate surface area is 196 Å². The number of ether oxygens (including phenoxy) is 2. The van der Waals surface area contributed by atoms with Crippen molar-refractivity contribution in [2.45, 2.75) is 0 Å². The lowest BCUT2D eigenvalue weighted by Gasteiger charge is -2.15. The molecule has 0 aliphatic carbocycles. The molecule has 0 fully saturated rings. The second-order valence-electron chi connectivity index (χ2n) is 6.59. The van der Waals surface area contributed by atoms with Crippen LogP contribution in [0.3, 0.4) is 0 Å². The third kappa shape index (κ3) is 4.63. The van der Waals surface area contributed by atoms with Crippen LogP contribution in [0.5, 0.6) is 11.5 Å². The van der Waals surface area contributed by atoms with Crippen LogP contribution in [-0.4, -0.2) is 31.3 Å². The number of hydrazone groups is 1. The minimum Gasteiger partial charge on any atom is -0.493 e. The number of fused-ring (bicyclic) bond motifs is 1. The van der Waals surface area contributed by atoms with Crippen molar-refractivity contribution >= 4 is 54.7 Å². The summed E-state index contributed by atoms with van der Waals surface area (Å²) in [6.45, 7) is 0. The van der Waals surface area contributed by atoms with Crippen LogP contribution in [-0.2, 0) is 0 Å². The summed E-state index contributed by atoms with van der Waals surface area (Å²) in [5.41, 5.74) is 1.71. The van der Waals surface area contributed by atoms with E-state index in [9.17, 15) is 9.18 Å². The monoisotopic (exact) mass is 513 g/mol. The second-order valence-corrected chi connectivity index (χ2v) is 8.52. The molecule has 162 valence electrons. The lowest BCUT2D eigenvalue weighted by molar-refractivity contribution is 0.0987. The average molecular weight is 514 g/mol. The van der Waals surface area contributed by atoms with Gasteiger partial charge in [0.2, 0.25) is 5.13 Å². The molecule has 4 aromatic rings. The van der Waals surface area contributed by atoms with Crippen molar-refractivity contribution in [3.63, 3.8) is 0 Å². The molecule has 0 radical (unpaired) electrons. The van der Waals surface area contributed by atoms with Crippen molar-refractivity contribution in [2.24, 2.45) is 5.10 Å². The summed E-state index contributed by atoms with van der Waals surface area (Å²) in [6, 6.07) is 16.6. The van der Waals surface area contributed by atoms with Gasteiger partial charge in [0, 0.05) is 10.0 Å². The number of amides is 1. The number of nitrogens with zero attached hydrogens (tertiary/aromatic N) is 3. The van der Waals surface area contributed by atoms with Gasteiger partial charge >= 0.3 is 0 Å². The number of thiazole rings is 1. The number of carbonyl (C=O) groups is 1. The van der Waals surface area contributed by atoms with Gasteiger partial charge in [0.05, 0.1) is 30.7 Å². The predicted molar refractivity (Wildman–Crippen MR) is 128 cm³/mol. The van der Waals surface area contributed by atoms with Gasteiger partial charge < -0.3 is 9.47 Å². The van der Waals surface area contributed by atoms with E-state index in [1.807, 2.05) is 24.3 Å². The Morgan fingerprint density at radius 2 is 1.81 bits per heavy atom. The average Bonchev–Trinajstić information content (AvgIpc) is 3.22. The van der Waals surface area contributed by atoms with Crippen LogP contribution >= 0.6 is 27.3 Å². The predicted octanol–water partition coefficient (Wildman–Crippen LogP) is 5.90. The second kappa shape index (κ2) is 9.46. The number of anilines is 1. The van der Waals surface area contributed by atoms with Gasteiger partial charge in [0.15, 0.2) is 11.5 Å². The fourth-order valence-corrected chi connectivity index (χ4v) is 4.14. The molecular formula is C23H17BrFN3O3S. The smallest absolute Gasteiger partial charge is 0.280 e. The molecule has 0 unspecified atom stereocenters. The fraction of sp³-hybridized carbons (Fsp3) is 0.0870. The molecule has 1 amide bonds. The fourth-order valence-electron chi connectivity index (χ4n) is 2.93. The van der Waals surface area contributed by atoms with Crippen LogP contribution in [0.25, 0.3) is 10.2 Å². The van der Waals surface area contributed by atoms with E-state index in [-0.39, 0.29) is 5.82 Å². The van der Waals surface area contributed by atoms with Crippen molar-refractivity contribution < 1.29 is 18.7 Å². The van der Waals surface area contributed by atoms with Gasteiger partial charge in [-0.25, -0.2) is 9.37 Å². The molecule has 0 aliphatic heterocycles. The van der Waals surface area contributed by atoms with Crippen LogP contribution < -0.4 is 14.5 Å². The van der Waals surface area contributed by atoms with Crippen LogP contribution in [0.2, 0.25) is 0 Å². The van der Waals surface area contributed by atoms with E-state index < -0.39 is 5.91 Å². The third-order valence-electron chi connectivity index (χ3n) is 4.54. The van der Waals surface area contributed by atoms with Crippen molar-refractivity contribution in [3.8, 4) is 11.5 Å². The summed E-state index contributed by atoms with van der Waals surface area (Å²) < 4.78 is 25.8. The van der Waals surface area contributed by atoms with Gasteiger partial charge in [-0.3, -0.25) is 4.79 Å². The van der Waals surface area contributed by atoms with Crippen molar-refractivity contribution in [1.29, 1.82) is 0 Å². The molecule has 0 N–H and O–H groups in total. The molecule has 6 nitrogen and oxygen atoms in total. The summed E-state index contributed by atoms with van der Waals surface area (Å²) in [5, 5.41) is 5.93. The highest BCUT2D eigenvalue weighted by Crippen LogP contribution is 2.32. The topological polar surface area (TPSA) is 64.0 Å². The van der Waals surface area contributed by atoms with Crippen LogP contribution in [0.4, 0.5) is 9.52 Å². The zero-order chi connectivity index (χ0) is 22.7. The van der Waals surface area contributed by atoms with E-state index in [0.717, 1.165) is 10.0 Å². The maximum atomic E-state index is 13.7. The van der Waals surface area contributed by atoms with Gasteiger partial charge in [-0.1, -0.05) is 39.4 Å². The number of hydrogen-bond donors (Lipinski definition) is 0. The Morgan fingerprint density at radius 3 is 2.53 bits per heavy atom. The first kappa shape index (κ1) is 21.9. The molecule has 0 saturated carbocycles. The van der Waals surface area contributed by atoms with E-state index >= 15 is 0 Å². The molecule has 32 heavy (non-hydrogen) atoms. The number of aromatic nitrogens is 1. The highest BCUT2D eigenvalue weighted by atomic mass is 79.9. The number of rotatable bonds is 6. The van der Waals surface area contributed by atoms with Gasteiger partial charge in [0.1, 0.15) is 5.82 Å². The quantitative estimate of drug-likeness (QED) is 0.238. The van der Waals surface area contributed by atoms with Crippen molar-refractivity contribution in [3.05, 3.63) is 82.1 Å². The Kier molecular flexibility index (Phi) is 6.48. The molecule has 0 saturated heterocycles. The molecule has 4 rings (SSSR count). The number of methoxy groups -OCH3 is 2. The highest BCUT2D eigenvalue weighted by molar-refractivity contribution is 9.10. The van der Waals surface area contributed by atoms with Crippen LogP contribution in [0, 0.1) is 5.82 Å². The summed E-state index contributed by atoms with van der Waals surface area (Å²) in [6.07, 6.45) is 1.57.